The lowest BCUT2D eigenvalue weighted by Crippen LogP contribution is -2.31. The van der Waals surface area contributed by atoms with Gasteiger partial charge in [0.05, 0.1) is 5.56 Å². The SMILES string of the molecule is CCCCCCCN(Cc1ccc(C(C)C)c(CCCOCC)c1)C(=O)CCc1ccc(OCc2ccccc2C(=O)O)cc1. The smallest absolute Gasteiger partial charge is 0.336 e. The van der Waals surface area contributed by atoms with Crippen LogP contribution in [0.1, 0.15) is 117 Å². The number of rotatable bonds is 21. The van der Waals surface area contributed by atoms with E-state index in [1.807, 2.05) is 37.3 Å². The molecule has 0 aliphatic carbocycles. The highest BCUT2D eigenvalue weighted by Crippen LogP contribution is 2.24. The zero-order valence-electron chi connectivity index (χ0n) is 27.9. The van der Waals surface area contributed by atoms with E-state index in [-0.39, 0.29) is 18.1 Å². The van der Waals surface area contributed by atoms with Crippen LogP contribution in [0.15, 0.2) is 66.7 Å². The summed E-state index contributed by atoms with van der Waals surface area (Å²) in [4.78, 5) is 27.1. The Kier molecular flexibility index (Phi) is 15.7. The molecule has 0 heterocycles. The monoisotopic (exact) mass is 615 g/mol. The quantitative estimate of drug-likeness (QED) is 0.121. The first kappa shape index (κ1) is 35.8. The van der Waals surface area contributed by atoms with Crippen LogP contribution in [0.3, 0.4) is 0 Å². The Labute approximate surface area is 270 Å². The third-order valence-electron chi connectivity index (χ3n) is 8.22. The summed E-state index contributed by atoms with van der Waals surface area (Å²) < 4.78 is 11.5. The van der Waals surface area contributed by atoms with E-state index in [0.717, 1.165) is 51.0 Å². The predicted octanol–water partition coefficient (Wildman–Crippen LogP) is 8.99. The van der Waals surface area contributed by atoms with Crippen LogP contribution in [0, 0.1) is 0 Å². The van der Waals surface area contributed by atoms with Crippen LogP contribution in [0.2, 0.25) is 0 Å². The summed E-state index contributed by atoms with van der Waals surface area (Å²) in [7, 11) is 0. The van der Waals surface area contributed by atoms with E-state index in [4.69, 9.17) is 9.47 Å². The largest absolute Gasteiger partial charge is 0.489 e. The average molecular weight is 616 g/mol. The molecule has 0 aliphatic rings. The third-order valence-corrected chi connectivity index (χ3v) is 8.22. The zero-order valence-corrected chi connectivity index (χ0v) is 27.9. The number of amides is 1. The van der Waals surface area contributed by atoms with Gasteiger partial charge in [-0.05, 0) is 79.0 Å². The van der Waals surface area contributed by atoms with E-state index >= 15 is 0 Å². The van der Waals surface area contributed by atoms with Crippen LogP contribution in [0.25, 0.3) is 0 Å². The molecule has 0 fully saturated rings. The van der Waals surface area contributed by atoms with Crippen LogP contribution in [-0.2, 0) is 35.5 Å². The van der Waals surface area contributed by atoms with Crippen LogP contribution in [0.5, 0.6) is 5.75 Å². The Bertz CT molecular complexity index is 1320. The van der Waals surface area contributed by atoms with Crippen molar-refractivity contribution in [3.63, 3.8) is 0 Å². The molecule has 6 heteroatoms. The van der Waals surface area contributed by atoms with Gasteiger partial charge in [-0.2, -0.15) is 0 Å². The Balaban J connectivity index is 1.62. The fourth-order valence-electron chi connectivity index (χ4n) is 5.64. The van der Waals surface area contributed by atoms with E-state index in [1.165, 1.54) is 36.0 Å². The topological polar surface area (TPSA) is 76.1 Å². The molecular formula is C39H53NO5. The van der Waals surface area contributed by atoms with Crippen LogP contribution in [-0.4, -0.2) is 41.6 Å². The second-order valence-corrected chi connectivity index (χ2v) is 12.1. The molecule has 0 saturated heterocycles. The van der Waals surface area contributed by atoms with E-state index in [1.54, 1.807) is 18.2 Å². The first-order chi connectivity index (χ1) is 21.8. The molecule has 244 valence electrons. The molecule has 0 saturated carbocycles. The molecule has 0 spiro atoms. The number of carboxylic acids is 1. The predicted molar refractivity (Wildman–Crippen MR) is 182 cm³/mol. The molecule has 3 rings (SSSR count). The summed E-state index contributed by atoms with van der Waals surface area (Å²) in [5.41, 5.74) is 5.89. The molecule has 0 aromatic heterocycles. The Morgan fingerprint density at radius 1 is 0.822 bits per heavy atom. The lowest BCUT2D eigenvalue weighted by Gasteiger charge is -2.24. The van der Waals surface area contributed by atoms with Crippen molar-refractivity contribution in [2.45, 2.75) is 105 Å². The van der Waals surface area contributed by atoms with Crippen molar-refractivity contribution in [3.8, 4) is 5.75 Å². The van der Waals surface area contributed by atoms with Gasteiger partial charge in [0.15, 0.2) is 0 Å². The van der Waals surface area contributed by atoms with Crippen molar-refractivity contribution < 1.29 is 24.2 Å². The van der Waals surface area contributed by atoms with Crippen molar-refractivity contribution in [1.82, 2.24) is 4.90 Å². The number of aromatic carboxylic acids is 1. The fourth-order valence-corrected chi connectivity index (χ4v) is 5.64. The number of carbonyl (C=O) groups excluding carboxylic acids is 1. The standard InChI is InChI=1S/C39H53NO5/c1-5-7-8-9-12-25-40(28-32-19-23-36(30(3)4)33(27-32)15-13-26-44-6-2)38(41)24-20-31-17-21-35(22-18-31)45-29-34-14-10-11-16-37(34)39(42)43/h10-11,14,16-19,21-23,27,30H,5-9,12-13,15,20,24-26,28-29H2,1-4H3,(H,42,43). The Morgan fingerprint density at radius 3 is 2.27 bits per heavy atom. The number of carboxylic acid groups (broad SMARTS) is 1. The zero-order chi connectivity index (χ0) is 32.4. The summed E-state index contributed by atoms with van der Waals surface area (Å²) in [5.74, 6) is 0.340. The maximum Gasteiger partial charge on any atom is 0.336 e. The number of ether oxygens (including phenoxy) is 2. The average Bonchev–Trinajstić information content (AvgIpc) is 3.04. The van der Waals surface area contributed by atoms with Crippen molar-refractivity contribution in [2.24, 2.45) is 0 Å². The van der Waals surface area contributed by atoms with E-state index in [2.05, 4.69) is 43.9 Å². The van der Waals surface area contributed by atoms with E-state index in [0.29, 0.717) is 36.6 Å². The molecule has 3 aromatic carbocycles. The minimum Gasteiger partial charge on any atom is -0.489 e. The fraction of sp³-hybridized carbons (Fsp3) is 0.487. The van der Waals surface area contributed by atoms with Crippen LogP contribution >= 0.6 is 0 Å². The lowest BCUT2D eigenvalue weighted by molar-refractivity contribution is -0.131. The van der Waals surface area contributed by atoms with Gasteiger partial charge in [-0.25, -0.2) is 4.79 Å². The van der Waals surface area contributed by atoms with Gasteiger partial charge >= 0.3 is 5.97 Å². The molecule has 1 amide bonds. The molecule has 0 bridgehead atoms. The Morgan fingerprint density at radius 2 is 1.56 bits per heavy atom. The number of unbranched alkanes of at least 4 members (excludes halogenated alkanes) is 4. The number of aryl methyl sites for hydroxylation is 2. The molecule has 0 radical (unpaired) electrons. The third kappa shape index (κ3) is 12.3. The van der Waals surface area contributed by atoms with Gasteiger partial charge in [0, 0.05) is 38.3 Å². The molecular weight excluding hydrogens is 562 g/mol. The van der Waals surface area contributed by atoms with Gasteiger partial charge in [-0.15, -0.1) is 0 Å². The summed E-state index contributed by atoms with van der Waals surface area (Å²) >= 11 is 0. The molecule has 0 aliphatic heterocycles. The molecule has 6 nitrogen and oxygen atoms in total. The van der Waals surface area contributed by atoms with Crippen molar-refractivity contribution >= 4 is 11.9 Å². The molecule has 3 aromatic rings. The summed E-state index contributed by atoms with van der Waals surface area (Å²) in [5, 5.41) is 9.41. The van der Waals surface area contributed by atoms with E-state index < -0.39 is 5.97 Å². The normalized spacial score (nSPS) is 11.1. The number of hydrogen-bond donors (Lipinski definition) is 1. The summed E-state index contributed by atoms with van der Waals surface area (Å²) in [6.45, 7) is 11.8. The first-order valence-electron chi connectivity index (χ1n) is 16.8. The number of hydrogen-bond acceptors (Lipinski definition) is 4. The van der Waals surface area contributed by atoms with Crippen molar-refractivity contribution in [2.75, 3.05) is 19.8 Å². The maximum atomic E-state index is 13.6. The Hall–Kier alpha value is -3.64. The van der Waals surface area contributed by atoms with Gasteiger partial charge in [-0.3, -0.25) is 4.79 Å². The van der Waals surface area contributed by atoms with Gasteiger partial charge < -0.3 is 19.5 Å². The maximum absolute atomic E-state index is 13.6. The van der Waals surface area contributed by atoms with Crippen molar-refractivity contribution in [1.29, 1.82) is 0 Å². The van der Waals surface area contributed by atoms with Gasteiger partial charge in [0.1, 0.15) is 12.4 Å². The minimum atomic E-state index is -0.963. The molecule has 45 heavy (non-hydrogen) atoms. The number of nitrogens with zero attached hydrogens (tertiary/aromatic N) is 1. The van der Waals surface area contributed by atoms with E-state index in [9.17, 15) is 14.7 Å². The molecule has 0 unspecified atom stereocenters. The number of carbonyl (C=O) groups is 2. The highest BCUT2D eigenvalue weighted by Gasteiger charge is 2.16. The second-order valence-electron chi connectivity index (χ2n) is 12.1. The van der Waals surface area contributed by atoms with Gasteiger partial charge in [-0.1, -0.05) is 95.0 Å². The van der Waals surface area contributed by atoms with Crippen molar-refractivity contribution in [3.05, 3.63) is 100 Å². The van der Waals surface area contributed by atoms with Gasteiger partial charge in [0.25, 0.3) is 0 Å². The second kappa shape index (κ2) is 19.7. The minimum absolute atomic E-state index is 0.180. The lowest BCUT2D eigenvalue weighted by atomic mass is 9.92. The first-order valence-corrected chi connectivity index (χ1v) is 16.8. The molecule has 1 N–H and O–H groups in total. The van der Waals surface area contributed by atoms with Gasteiger partial charge in [0.2, 0.25) is 5.91 Å². The summed E-state index contributed by atoms with van der Waals surface area (Å²) in [6, 6.07) is 21.4. The highest BCUT2D eigenvalue weighted by molar-refractivity contribution is 5.89. The molecule has 0 atom stereocenters. The highest BCUT2D eigenvalue weighted by atomic mass is 16.5. The van der Waals surface area contributed by atoms with Crippen LogP contribution in [0.4, 0.5) is 0 Å². The summed E-state index contributed by atoms with van der Waals surface area (Å²) in [6.07, 6.45) is 8.90. The number of benzene rings is 3. The van der Waals surface area contributed by atoms with Crippen LogP contribution < -0.4 is 4.74 Å².